The van der Waals surface area contributed by atoms with Gasteiger partial charge in [0.2, 0.25) is 0 Å². The first-order chi connectivity index (χ1) is 9.72. The fourth-order valence-corrected chi connectivity index (χ4v) is 1.68. The van der Waals surface area contributed by atoms with Crippen LogP contribution in [0.15, 0.2) is 24.3 Å². The molecule has 0 spiro atoms. The maximum atomic E-state index is 11.8. The Morgan fingerprint density at radius 2 is 1.95 bits per heavy atom. The van der Waals surface area contributed by atoms with Crippen molar-refractivity contribution in [2.24, 2.45) is 0 Å². The highest BCUT2D eigenvalue weighted by molar-refractivity contribution is 5.76. The molecule has 112 valence electrons. The lowest BCUT2D eigenvalue weighted by Gasteiger charge is -2.18. The van der Waals surface area contributed by atoms with E-state index in [0.717, 1.165) is 13.0 Å². The molecular weight excluding hydrogens is 258 g/mol. The normalized spacial score (nSPS) is 11.8. The number of benzene rings is 1. The molecule has 1 N–H and O–H groups in total. The van der Waals surface area contributed by atoms with Gasteiger partial charge in [-0.05, 0) is 32.0 Å². The van der Waals surface area contributed by atoms with Crippen LogP contribution in [0, 0.1) is 0 Å². The van der Waals surface area contributed by atoms with E-state index in [-0.39, 0.29) is 12.6 Å². The number of nitrogens with one attached hydrogen (secondary N) is 1. The molecule has 0 saturated heterocycles. The summed E-state index contributed by atoms with van der Waals surface area (Å²) in [7, 11) is 1.58. The van der Waals surface area contributed by atoms with E-state index in [1.807, 2.05) is 25.1 Å². The molecule has 1 unspecified atom stereocenters. The van der Waals surface area contributed by atoms with Gasteiger partial charge in [0.05, 0.1) is 13.7 Å². The minimum Gasteiger partial charge on any atom is -0.493 e. The summed E-state index contributed by atoms with van der Waals surface area (Å²) in [6, 6.07) is 6.87. The Bertz CT molecular complexity index is 409. The molecule has 1 aromatic carbocycles. The predicted molar refractivity (Wildman–Crippen MR) is 77.2 cm³/mol. The van der Waals surface area contributed by atoms with Crippen molar-refractivity contribution in [3.8, 4) is 11.5 Å². The molecule has 1 rings (SSSR count). The van der Waals surface area contributed by atoms with Crippen LogP contribution in [0.3, 0.4) is 0 Å². The zero-order valence-corrected chi connectivity index (χ0v) is 12.3. The Balaban J connectivity index is 2.62. The van der Waals surface area contributed by atoms with Crippen LogP contribution in [0.25, 0.3) is 0 Å². The van der Waals surface area contributed by atoms with Crippen LogP contribution in [0.1, 0.15) is 20.3 Å². The summed E-state index contributed by atoms with van der Waals surface area (Å²) in [5.74, 6) is 0.962. The SMILES string of the molecule is CCCNC(COc1ccccc1OC)C(=O)OCC. The van der Waals surface area contributed by atoms with Crippen LogP contribution in [-0.4, -0.2) is 38.9 Å². The van der Waals surface area contributed by atoms with Gasteiger partial charge in [-0.25, -0.2) is 0 Å². The van der Waals surface area contributed by atoms with Crippen molar-refractivity contribution in [1.82, 2.24) is 5.32 Å². The Morgan fingerprint density at radius 1 is 1.25 bits per heavy atom. The van der Waals surface area contributed by atoms with Crippen LogP contribution >= 0.6 is 0 Å². The quantitative estimate of drug-likeness (QED) is 0.702. The van der Waals surface area contributed by atoms with Gasteiger partial charge in [-0.15, -0.1) is 0 Å². The average molecular weight is 281 g/mol. The highest BCUT2D eigenvalue weighted by Gasteiger charge is 2.20. The number of methoxy groups -OCH3 is 1. The smallest absolute Gasteiger partial charge is 0.326 e. The second-order valence-corrected chi connectivity index (χ2v) is 4.22. The molecule has 0 fully saturated rings. The van der Waals surface area contributed by atoms with E-state index in [2.05, 4.69) is 5.32 Å². The Hall–Kier alpha value is -1.75. The molecule has 0 aliphatic heterocycles. The van der Waals surface area contributed by atoms with Crippen molar-refractivity contribution in [3.05, 3.63) is 24.3 Å². The highest BCUT2D eigenvalue weighted by Crippen LogP contribution is 2.25. The maximum absolute atomic E-state index is 11.8. The van der Waals surface area contributed by atoms with Crippen molar-refractivity contribution >= 4 is 5.97 Å². The fourth-order valence-electron chi connectivity index (χ4n) is 1.68. The van der Waals surface area contributed by atoms with Gasteiger partial charge in [-0.1, -0.05) is 19.1 Å². The molecular formula is C15H23NO4. The third kappa shape index (κ3) is 5.09. The highest BCUT2D eigenvalue weighted by atomic mass is 16.5. The van der Waals surface area contributed by atoms with E-state index in [9.17, 15) is 4.79 Å². The first-order valence-electron chi connectivity index (χ1n) is 6.88. The van der Waals surface area contributed by atoms with E-state index in [4.69, 9.17) is 14.2 Å². The first-order valence-corrected chi connectivity index (χ1v) is 6.88. The minimum absolute atomic E-state index is 0.208. The average Bonchev–Trinajstić information content (AvgIpc) is 2.48. The molecule has 0 amide bonds. The van der Waals surface area contributed by atoms with Gasteiger partial charge in [0.25, 0.3) is 0 Å². The van der Waals surface area contributed by atoms with Crippen molar-refractivity contribution in [2.45, 2.75) is 26.3 Å². The van der Waals surface area contributed by atoms with E-state index in [0.29, 0.717) is 18.1 Å². The van der Waals surface area contributed by atoms with Crippen LogP contribution < -0.4 is 14.8 Å². The van der Waals surface area contributed by atoms with Crippen LogP contribution in [0.4, 0.5) is 0 Å². The molecule has 0 radical (unpaired) electrons. The van der Waals surface area contributed by atoms with E-state index in [1.54, 1.807) is 20.1 Å². The van der Waals surface area contributed by atoms with Gasteiger partial charge < -0.3 is 19.5 Å². The summed E-state index contributed by atoms with van der Waals surface area (Å²) in [5, 5.41) is 3.12. The standard InChI is InChI=1S/C15H23NO4/c1-4-10-16-12(15(17)19-5-2)11-20-14-9-7-6-8-13(14)18-3/h6-9,12,16H,4-5,10-11H2,1-3H3. The molecule has 1 atom stereocenters. The number of hydrogen-bond acceptors (Lipinski definition) is 5. The van der Waals surface area contributed by atoms with Gasteiger partial charge >= 0.3 is 5.97 Å². The lowest BCUT2D eigenvalue weighted by Crippen LogP contribution is -2.43. The molecule has 0 heterocycles. The zero-order chi connectivity index (χ0) is 14.8. The van der Waals surface area contributed by atoms with Crippen molar-refractivity contribution in [1.29, 1.82) is 0 Å². The first kappa shape index (κ1) is 16.3. The molecule has 1 aromatic rings. The van der Waals surface area contributed by atoms with Crippen LogP contribution in [-0.2, 0) is 9.53 Å². The summed E-state index contributed by atoms with van der Waals surface area (Å²) >= 11 is 0. The largest absolute Gasteiger partial charge is 0.493 e. The Morgan fingerprint density at radius 3 is 2.55 bits per heavy atom. The number of carbonyl (C=O) groups excluding carboxylic acids is 1. The molecule has 20 heavy (non-hydrogen) atoms. The number of hydrogen-bond donors (Lipinski definition) is 1. The molecule has 0 saturated carbocycles. The third-order valence-electron chi connectivity index (χ3n) is 2.69. The summed E-state index contributed by atoms with van der Waals surface area (Å²) in [6.45, 7) is 5.13. The van der Waals surface area contributed by atoms with Crippen molar-refractivity contribution in [3.63, 3.8) is 0 Å². The van der Waals surface area contributed by atoms with E-state index < -0.39 is 6.04 Å². The summed E-state index contributed by atoms with van der Waals surface area (Å²) < 4.78 is 15.9. The van der Waals surface area contributed by atoms with E-state index in [1.165, 1.54) is 0 Å². The lowest BCUT2D eigenvalue weighted by molar-refractivity contribution is -0.146. The molecule has 5 heteroatoms. The summed E-state index contributed by atoms with van der Waals surface area (Å²) in [4.78, 5) is 11.8. The maximum Gasteiger partial charge on any atom is 0.326 e. The molecule has 0 aliphatic rings. The number of para-hydroxylation sites is 2. The van der Waals surface area contributed by atoms with Gasteiger partial charge in [-0.2, -0.15) is 0 Å². The number of carbonyl (C=O) groups is 1. The monoisotopic (exact) mass is 281 g/mol. The van der Waals surface area contributed by atoms with Crippen molar-refractivity contribution < 1.29 is 19.0 Å². The Labute approximate surface area is 120 Å². The zero-order valence-electron chi connectivity index (χ0n) is 12.3. The predicted octanol–water partition coefficient (Wildman–Crippen LogP) is 2.01. The summed E-state index contributed by atoms with van der Waals surface area (Å²) in [5.41, 5.74) is 0. The fraction of sp³-hybridized carbons (Fsp3) is 0.533. The van der Waals surface area contributed by atoms with Gasteiger partial charge in [0.1, 0.15) is 12.6 Å². The number of ether oxygens (including phenoxy) is 3. The minimum atomic E-state index is -0.472. The van der Waals surface area contributed by atoms with Gasteiger partial charge in [0.15, 0.2) is 11.5 Å². The number of esters is 1. The molecule has 0 aliphatic carbocycles. The van der Waals surface area contributed by atoms with E-state index >= 15 is 0 Å². The Kier molecular flexibility index (Phi) is 7.50. The second-order valence-electron chi connectivity index (χ2n) is 4.22. The summed E-state index contributed by atoms with van der Waals surface area (Å²) in [6.07, 6.45) is 0.935. The van der Waals surface area contributed by atoms with Gasteiger partial charge in [-0.3, -0.25) is 4.79 Å². The third-order valence-corrected chi connectivity index (χ3v) is 2.69. The topological polar surface area (TPSA) is 56.8 Å². The molecule has 0 aromatic heterocycles. The van der Waals surface area contributed by atoms with Crippen LogP contribution in [0.5, 0.6) is 11.5 Å². The lowest BCUT2D eigenvalue weighted by atomic mass is 10.3. The van der Waals surface area contributed by atoms with Crippen LogP contribution in [0.2, 0.25) is 0 Å². The van der Waals surface area contributed by atoms with Gasteiger partial charge in [0, 0.05) is 0 Å². The molecule has 5 nitrogen and oxygen atoms in total. The second kappa shape index (κ2) is 9.20. The van der Waals surface area contributed by atoms with Crippen molar-refractivity contribution in [2.75, 3.05) is 26.9 Å². The number of rotatable bonds is 9. The molecule has 0 bridgehead atoms.